The van der Waals surface area contributed by atoms with Crippen molar-refractivity contribution in [2.45, 2.75) is 258 Å². The van der Waals surface area contributed by atoms with Crippen LogP contribution in [0, 0.1) is 29.7 Å². The molecule has 2 saturated carbocycles. The summed E-state index contributed by atoms with van der Waals surface area (Å²) >= 11 is 0. The molecule has 4 unspecified atom stereocenters. The molecule has 4 atom stereocenters. The van der Waals surface area contributed by atoms with Crippen LogP contribution in [0.4, 0.5) is 19.2 Å². The van der Waals surface area contributed by atoms with Crippen molar-refractivity contribution in [1.29, 1.82) is 0 Å². The van der Waals surface area contributed by atoms with E-state index in [1.165, 1.54) is 115 Å². The van der Waals surface area contributed by atoms with Gasteiger partial charge in [0, 0.05) is 68.7 Å². The van der Waals surface area contributed by atoms with Crippen LogP contribution in [-0.2, 0) is 76.0 Å². The number of carbonyl (C=O) groups is 8. The van der Waals surface area contributed by atoms with E-state index in [1.54, 1.807) is 79.7 Å². The molecule has 0 aromatic carbocycles. The van der Waals surface area contributed by atoms with Gasteiger partial charge >= 0.3 is 67.0 Å². The Balaban J connectivity index is 0.000000369. The average Bonchev–Trinajstić information content (AvgIpc) is 1.72. The number of esters is 4. The molecule has 0 amide bonds. The van der Waals surface area contributed by atoms with Gasteiger partial charge in [0.05, 0.1) is 26.4 Å². The minimum absolute atomic E-state index is 0.0273. The van der Waals surface area contributed by atoms with Crippen molar-refractivity contribution < 1.29 is 95.2 Å². The maximum Gasteiger partial charge on any atom is 0.221 e. The fourth-order valence-electron chi connectivity index (χ4n) is 11.6. The van der Waals surface area contributed by atoms with Gasteiger partial charge in [-0.25, -0.2) is 38.4 Å². The first kappa shape index (κ1) is 85.1. The molecular formula is C78H111BN2O20+. The Morgan fingerprint density at radius 3 is 1.03 bits per heavy atom. The van der Waals surface area contributed by atoms with E-state index in [4.69, 9.17) is 56.8 Å². The minimum atomic E-state index is -0.858. The molecule has 4 saturated heterocycles. The van der Waals surface area contributed by atoms with Crippen molar-refractivity contribution in [3.05, 3.63) is 132 Å². The van der Waals surface area contributed by atoms with Gasteiger partial charge in [-0.3, -0.25) is 0 Å². The third-order valence-corrected chi connectivity index (χ3v) is 17.1. The van der Waals surface area contributed by atoms with Crippen molar-refractivity contribution in [1.82, 2.24) is 0 Å². The molecule has 4 heterocycles. The average molecular weight is 1410 g/mol. The van der Waals surface area contributed by atoms with E-state index in [0.29, 0.717) is 60.6 Å². The topological polar surface area (TPSA) is 286 Å². The maximum atomic E-state index is 11.9. The van der Waals surface area contributed by atoms with Crippen molar-refractivity contribution in [3.8, 4) is 0 Å². The SMILES string of the molecule is C1=CCCCCCC1.CC1(C)OC(=O)O/C1=C/CCOC(=O)/C=C/C(=O)OCC/C=C1/OC(=O)OC1(C)C.CC1(C)OC(=O)O/C1=C/CCOC(=O)C=CCCCCCCC=CC1CCC(C=CCCCCCCC=CC(=O)OCC/C=C2/OC(=O)OC2(C)C)C1.[B]=NN.[C+]1=CC2CCC1C2. The third kappa shape index (κ3) is 36.7. The Bertz CT molecular complexity index is 2820. The summed E-state index contributed by atoms with van der Waals surface area (Å²) in [5.41, 5.74) is -3.28. The Kier molecular flexibility index (Phi) is 39.6. The van der Waals surface area contributed by atoms with E-state index in [1.807, 2.05) is 12.2 Å². The normalized spacial score (nSPS) is 23.2. The summed E-state index contributed by atoms with van der Waals surface area (Å²) in [6.07, 6.45) is 63.4. The van der Waals surface area contributed by atoms with Gasteiger partial charge < -0.3 is 56.8 Å². The molecule has 8 aliphatic rings. The molecule has 0 aromatic heterocycles. The van der Waals surface area contributed by atoms with E-state index in [0.717, 1.165) is 75.4 Å². The zero-order valence-electron chi connectivity index (χ0n) is 61.0. The number of nitrogens with two attached hydrogens (primary N) is 1. The smallest absolute Gasteiger partial charge is 0.0374 e. The second-order valence-corrected chi connectivity index (χ2v) is 27.5. The van der Waals surface area contributed by atoms with Crippen LogP contribution in [-0.4, -0.2) is 105 Å². The summed E-state index contributed by atoms with van der Waals surface area (Å²) in [6.45, 7) is 14.2. The predicted molar refractivity (Wildman–Crippen MR) is 381 cm³/mol. The van der Waals surface area contributed by atoms with Crippen molar-refractivity contribution in [2.24, 2.45) is 34.5 Å². The van der Waals surface area contributed by atoms with Gasteiger partial charge in [0.2, 0.25) is 6.08 Å². The number of hydrogen-bond acceptors (Lipinski definition) is 22. The Morgan fingerprint density at radius 1 is 0.455 bits per heavy atom. The summed E-state index contributed by atoms with van der Waals surface area (Å²) in [5, 5.41) is 2.50. The number of cyclic esters (lactones) is 8. The van der Waals surface area contributed by atoms with Crippen LogP contribution < -0.4 is 5.84 Å². The molecule has 4 aliphatic heterocycles. The standard InChI is InChI=1S/C43H62O10.C20H24O10.C8H14.C7H9.BH2N2/c1-42(2)36(50-40(46)52-42)25-21-31-48-38(44)27-19-15-11-7-5-9-13-17-23-34-29-30-35(33-34)24-18-14-10-6-8-12-16-20-28-39(45)49-32-22-26-37-43(3,4)53-41(47)51-37;1-19(2)13(27-17(23)29-19)7-5-11-25-15(21)9-10-16(22)26-12-6-8-14-20(3,4)30-18(24)28-14;1-2-4-6-8-7-5-3-1;1-2-7-4-3-6(1)5-7;1-3-2/h17-20,23-28,34-35H,5-16,21-22,29-33H2,1-4H3;7-10H,5-6,11-12H2,1-4H3;1-2H,3-8H2;1,6-7H,3-5H2;2H2/q;;;+1;/b23-17?,24-18?,27-19?,28-20?,36-25+,37-26+;10-9+,13-7+,14-8+;;;. The molecule has 0 aromatic rings. The van der Waals surface area contributed by atoms with Gasteiger partial charge in [-0.2, -0.15) is 0 Å². The molecule has 4 aliphatic carbocycles. The first-order chi connectivity index (χ1) is 48.3. The summed E-state index contributed by atoms with van der Waals surface area (Å²) in [5.74, 6) is 6.90. The second-order valence-electron chi connectivity index (χ2n) is 27.5. The molecule has 23 heteroatoms. The number of unbranched alkanes of at least 4 members (excludes halogenated alkanes) is 10. The largest absolute Gasteiger partial charge is 0.221 e. The fraction of sp³-hybridized carbons (Fsp3) is 0.615. The van der Waals surface area contributed by atoms with Gasteiger partial charge in [0.25, 0.3) is 0 Å². The van der Waals surface area contributed by atoms with Crippen LogP contribution in [0.2, 0.25) is 0 Å². The van der Waals surface area contributed by atoms with Crippen molar-refractivity contribution in [3.63, 3.8) is 0 Å². The Morgan fingerprint density at radius 2 is 0.772 bits per heavy atom. The van der Waals surface area contributed by atoms with Crippen LogP contribution in [0.5, 0.6) is 0 Å². The predicted octanol–water partition coefficient (Wildman–Crippen LogP) is 17.8. The maximum absolute atomic E-state index is 11.9. The van der Waals surface area contributed by atoms with E-state index < -0.39 is 59.0 Å². The molecule has 2 bridgehead atoms. The van der Waals surface area contributed by atoms with Gasteiger partial charge in [-0.1, -0.05) is 87.1 Å². The van der Waals surface area contributed by atoms with Gasteiger partial charge in [-0.15, -0.1) is 0 Å². The van der Waals surface area contributed by atoms with Crippen LogP contribution in [0.1, 0.15) is 235 Å². The van der Waals surface area contributed by atoms with E-state index >= 15 is 0 Å². The fourth-order valence-corrected chi connectivity index (χ4v) is 11.6. The molecule has 101 heavy (non-hydrogen) atoms. The van der Waals surface area contributed by atoms with Gasteiger partial charge in [0.1, 0.15) is 0 Å². The molecule has 555 valence electrons. The number of rotatable bonds is 32. The quantitative estimate of drug-likeness (QED) is 0.00753. The zero-order chi connectivity index (χ0) is 73.8. The summed E-state index contributed by atoms with van der Waals surface area (Å²) in [4.78, 5) is 91.7. The molecule has 8 rings (SSSR count). The van der Waals surface area contributed by atoms with Crippen molar-refractivity contribution in [2.75, 3.05) is 26.4 Å². The number of allylic oxidation sites excluding steroid dienone is 10. The Labute approximate surface area is 599 Å². The first-order valence-corrected chi connectivity index (χ1v) is 36.1. The number of hydrogen-bond donors (Lipinski definition) is 1. The summed E-state index contributed by atoms with van der Waals surface area (Å²) < 4.78 is 60.2. The molecule has 22 nitrogen and oxygen atoms in total. The molecule has 6 fully saturated rings. The Hall–Kier alpha value is -8.33. The third-order valence-electron chi connectivity index (χ3n) is 17.1. The van der Waals surface area contributed by atoms with Crippen molar-refractivity contribution >= 4 is 56.1 Å². The monoisotopic (exact) mass is 1410 g/mol. The molecular weight excluding hydrogens is 1300 g/mol. The summed E-state index contributed by atoms with van der Waals surface area (Å²) in [7, 11) is 4.25. The minimum Gasteiger partial charge on any atom is -0.0374 e. The number of fused-ring (bicyclic) bond motifs is 2. The van der Waals surface area contributed by atoms with E-state index in [9.17, 15) is 38.4 Å². The zero-order valence-corrected chi connectivity index (χ0v) is 61.0. The van der Waals surface area contributed by atoms with Crippen LogP contribution in [0.25, 0.3) is 0 Å². The van der Waals surface area contributed by atoms with Crippen LogP contribution in [0.3, 0.4) is 0 Å². The van der Waals surface area contributed by atoms with Crippen LogP contribution in [0.15, 0.2) is 131 Å². The van der Waals surface area contributed by atoms with Crippen LogP contribution >= 0.6 is 0 Å². The molecule has 0 spiro atoms. The summed E-state index contributed by atoms with van der Waals surface area (Å²) in [6, 6.07) is 0. The number of nitrogens with zero attached hydrogens (tertiary/aromatic N) is 1. The molecule has 1 radical (unpaired) electrons. The van der Waals surface area contributed by atoms with Gasteiger partial charge in [-0.05, 0) is 194 Å². The number of carbonyl (C=O) groups excluding carboxylic acids is 8. The molecule has 2 N–H and O–H groups in total. The van der Waals surface area contributed by atoms with E-state index in [2.05, 4.69) is 67.1 Å². The van der Waals surface area contributed by atoms with E-state index in [-0.39, 0.29) is 38.4 Å². The second kappa shape index (κ2) is 47.0. The first-order valence-electron chi connectivity index (χ1n) is 36.1. The number of ether oxygens (including phenoxy) is 12. The van der Waals surface area contributed by atoms with Gasteiger partial charge in [0.15, 0.2) is 57.4 Å².